The zero-order valence-corrected chi connectivity index (χ0v) is 8.28. The SMILES string of the molecule is Cc1nc(CN2CC(N)C2=O)oc1C. The predicted octanol–water partition coefficient (Wildman–Crippen LogP) is -0.0391. The minimum atomic E-state index is -0.327. The maximum atomic E-state index is 11.2. The van der Waals surface area contributed by atoms with Gasteiger partial charge in [-0.3, -0.25) is 4.79 Å². The summed E-state index contributed by atoms with van der Waals surface area (Å²) in [5.74, 6) is 1.36. The van der Waals surface area contributed by atoms with Crippen molar-refractivity contribution in [1.82, 2.24) is 9.88 Å². The fourth-order valence-electron chi connectivity index (χ4n) is 1.44. The molecule has 1 aromatic heterocycles. The number of aryl methyl sites for hydroxylation is 2. The van der Waals surface area contributed by atoms with E-state index in [0.717, 1.165) is 11.5 Å². The fourth-order valence-corrected chi connectivity index (χ4v) is 1.44. The maximum absolute atomic E-state index is 11.2. The van der Waals surface area contributed by atoms with Crippen LogP contribution in [0.5, 0.6) is 0 Å². The van der Waals surface area contributed by atoms with E-state index in [2.05, 4.69) is 4.98 Å². The molecule has 76 valence electrons. The van der Waals surface area contributed by atoms with Crippen molar-refractivity contribution in [2.24, 2.45) is 5.73 Å². The number of nitrogens with zero attached hydrogens (tertiary/aromatic N) is 2. The molecule has 1 fully saturated rings. The molecule has 0 radical (unpaired) electrons. The number of carbonyl (C=O) groups excluding carboxylic acids is 1. The summed E-state index contributed by atoms with van der Waals surface area (Å²) in [5, 5.41) is 0. The predicted molar refractivity (Wildman–Crippen MR) is 49.4 cm³/mol. The van der Waals surface area contributed by atoms with E-state index in [4.69, 9.17) is 10.2 Å². The first-order valence-corrected chi connectivity index (χ1v) is 4.55. The number of hydrogen-bond donors (Lipinski definition) is 1. The zero-order valence-electron chi connectivity index (χ0n) is 8.28. The van der Waals surface area contributed by atoms with Crippen molar-refractivity contribution in [3.05, 3.63) is 17.3 Å². The first-order valence-electron chi connectivity index (χ1n) is 4.55. The van der Waals surface area contributed by atoms with Gasteiger partial charge in [0.25, 0.3) is 0 Å². The monoisotopic (exact) mass is 195 g/mol. The van der Waals surface area contributed by atoms with Gasteiger partial charge >= 0.3 is 0 Å². The molecule has 0 spiro atoms. The van der Waals surface area contributed by atoms with Crippen LogP contribution in [0.3, 0.4) is 0 Å². The number of aromatic nitrogens is 1. The molecule has 1 atom stereocenters. The third-order valence-electron chi connectivity index (χ3n) is 2.44. The van der Waals surface area contributed by atoms with Gasteiger partial charge in [-0.15, -0.1) is 0 Å². The van der Waals surface area contributed by atoms with E-state index >= 15 is 0 Å². The lowest BCUT2D eigenvalue weighted by Gasteiger charge is -2.34. The van der Waals surface area contributed by atoms with Gasteiger partial charge in [-0.1, -0.05) is 0 Å². The summed E-state index contributed by atoms with van der Waals surface area (Å²) in [5.41, 5.74) is 6.33. The molecule has 2 N–H and O–H groups in total. The van der Waals surface area contributed by atoms with Crippen molar-refractivity contribution >= 4 is 5.91 Å². The summed E-state index contributed by atoms with van der Waals surface area (Å²) in [6, 6.07) is -0.327. The Morgan fingerprint density at radius 2 is 2.36 bits per heavy atom. The van der Waals surface area contributed by atoms with Gasteiger partial charge in [0, 0.05) is 6.54 Å². The smallest absolute Gasteiger partial charge is 0.241 e. The highest BCUT2D eigenvalue weighted by molar-refractivity contribution is 5.87. The lowest BCUT2D eigenvalue weighted by atomic mass is 10.1. The third-order valence-corrected chi connectivity index (χ3v) is 2.44. The average molecular weight is 195 g/mol. The molecule has 1 amide bonds. The molecule has 1 aromatic rings. The summed E-state index contributed by atoms with van der Waals surface area (Å²) >= 11 is 0. The van der Waals surface area contributed by atoms with Crippen LogP contribution in [0.2, 0.25) is 0 Å². The summed E-state index contributed by atoms with van der Waals surface area (Å²) in [6.45, 7) is 4.77. The van der Waals surface area contributed by atoms with Gasteiger partial charge in [-0.25, -0.2) is 4.98 Å². The van der Waals surface area contributed by atoms with Crippen molar-refractivity contribution in [2.75, 3.05) is 6.54 Å². The molecule has 14 heavy (non-hydrogen) atoms. The Hall–Kier alpha value is -1.36. The Morgan fingerprint density at radius 1 is 1.64 bits per heavy atom. The topological polar surface area (TPSA) is 72.4 Å². The lowest BCUT2D eigenvalue weighted by Crippen LogP contribution is -2.60. The van der Waals surface area contributed by atoms with Crippen LogP contribution in [0, 0.1) is 13.8 Å². The Bertz CT molecular complexity index is 353. The lowest BCUT2D eigenvalue weighted by molar-refractivity contribution is -0.143. The van der Waals surface area contributed by atoms with Crippen molar-refractivity contribution in [3.8, 4) is 0 Å². The molecule has 1 aliphatic heterocycles. The first-order chi connectivity index (χ1) is 6.58. The number of nitrogens with two attached hydrogens (primary N) is 1. The summed E-state index contributed by atoms with van der Waals surface area (Å²) < 4.78 is 5.36. The number of hydrogen-bond acceptors (Lipinski definition) is 4. The zero-order chi connectivity index (χ0) is 10.3. The average Bonchev–Trinajstić information content (AvgIpc) is 2.45. The summed E-state index contributed by atoms with van der Waals surface area (Å²) in [7, 11) is 0. The highest BCUT2D eigenvalue weighted by Gasteiger charge is 2.34. The van der Waals surface area contributed by atoms with E-state index in [1.807, 2.05) is 13.8 Å². The molecule has 0 saturated carbocycles. The van der Waals surface area contributed by atoms with Crippen LogP contribution in [-0.4, -0.2) is 28.4 Å². The standard InChI is InChI=1S/C9H13N3O2/c1-5-6(2)14-8(11-5)4-12-3-7(10)9(12)13/h7H,3-4,10H2,1-2H3. The van der Waals surface area contributed by atoms with E-state index in [9.17, 15) is 4.79 Å². The van der Waals surface area contributed by atoms with Crippen LogP contribution in [0.1, 0.15) is 17.3 Å². The van der Waals surface area contributed by atoms with Crippen LogP contribution in [-0.2, 0) is 11.3 Å². The Balaban J connectivity index is 2.02. The summed E-state index contributed by atoms with van der Waals surface area (Å²) in [4.78, 5) is 17.0. The summed E-state index contributed by atoms with van der Waals surface area (Å²) in [6.07, 6.45) is 0. The van der Waals surface area contributed by atoms with Crippen molar-refractivity contribution in [1.29, 1.82) is 0 Å². The van der Waals surface area contributed by atoms with Gasteiger partial charge in [0.1, 0.15) is 11.8 Å². The van der Waals surface area contributed by atoms with Crippen LogP contribution in [0.25, 0.3) is 0 Å². The minimum absolute atomic E-state index is 0.0292. The molecule has 0 aromatic carbocycles. The number of likely N-dealkylation sites (tertiary alicyclic amines) is 1. The van der Waals surface area contributed by atoms with Crippen molar-refractivity contribution < 1.29 is 9.21 Å². The van der Waals surface area contributed by atoms with Crippen LogP contribution in [0.15, 0.2) is 4.42 Å². The molecule has 2 heterocycles. The second-order valence-electron chi connectivity index (χ2n) is 3.57. The van der Waals surface area contributed by atoms with E-state index in [0.29, 0.717) is 19.0 Å². The van der Waals surface area contributed by atoms with E-state index in [1.165, 1.54) is 0 Å². The molecular weight excluding hydrogens is 182 g/mol. The number of oxazole rings is 1. The van der Waals surface area contributed by atoms with E-state index in [-0.39, 0.29) is 11.9 Å². The van der Waals surface area contributed by atoms with Gasteiger partial charge < -0.3 is 15.1 Å². The quantitative estimate of drug-likeness (QED) is 0.672. The Kier molecular flexibility index (Phi) is 2.03. The molecule has 2 rings (SSSR count). The second-order valence-corrected chi connectivity index (χ2v) is 3.57. The molecule has 0 bridgehead atoms. The van der Waals surface area contributed by atoms with Gasteiger partial charge in [0.15, 0.2) is 0 Å². The molecule has 0 aliphatic carbocycles. The molecule has 1 saturated heterocycles. The second kappa shape index (κ2) is 3.09. The van der Waals surface area contributed by atoms with E-state index < -0.39 is 0 Å². The van der Waals surface area contributed by atoms with Crippen molar-refractivity contribution in [3.63, 3.8) is 0 Å². The normalized spacial score (nSPS) is 21.2. The number of carbonyl (C=O) groups is 1. The number of rotatable bonds is 2. The van der Waals surface area contributed by atoms with Crippen molar-refractivity contribution in [2.45, 2.75) is 26.4 Å². The van der Waals surface area contributed by atoms with Gasteiger partial charge in [-0.05, 0) is 13.8 Å². The first kappa shape index (κ1) is 9.21. The largest absolute Gasteiger partial charge is 0.444 e. The molecule has 5 nitrogen and oxygen atoms in total. The molecule has 5 heteroatoms. The highest BCUT2D eigenvalue weighted by atomic mass is 16.4. The third kappa shape index (κ3) is 1.39. The van der Waals surface area contributed by atoms with Crippen LogP contribution < -0.4 is 5.73 Å². The Morgan fingerprint density at radius 3 is 2.79 bits per heavy atom. The fraction of sp³-hybridized carbons (Fsp3) is 0.556. The van der Waals surface area contributed by atoms with Gasteiger partial charge in [-0.2, -0.15) is 0 Å². The molecule has 1 aliphatic rings. The van der Waals surface area contributed by atoms with Gasteiger partial charge in [0.2, 0.25) is 11.8 Å². The maximum Gasteiger partial charge on any atom is 0.241 e. The number of amides is 1. The van der Waals surface area contributed by atoms with Gasteiger partial charge in [0.05, 0.1) is 12.2 Å². The number of β-lactam (4-membered cyclic amide) rings is 1. The molecule has 1 unspecified atom stereocenters. The highest BCUT2D eigenvalue weighted by Crippen LogP contribution is 2.15. The van der Waals surface area contributed by atoms with E-state index in [1.54, 1.807) is 4.90 Å². The van der Waals surface area contributed by atoms with Crippen LogP contribution >= 0.6 is 0 Å². The molecular formula is C9H13N3O2. The van der Waals surface area contributed by atoms with Crippen LogP contribution in [0.4, 0.5) is 0 Å². The Labute approximate surface area is 81.9 Å². The minimum Gasteiger partial charge on any atom is -0.444 e.